The number of carboxylic acid groups (broad SMARTS) is 1. The fraction of sp³-hybridized carbons (Fsp3) is 0.500. The van der Waals surface area contributed by atoms with Crippen molar-refractivity contribution in [2.45, 2.75) is 88.9 Å². The molecule has 3 aliphatic rings. The van der Waals surface area contributed by atoms with Crippen molar-refractivity contribution in [3.63, 3.8) is 0 Å². The van der Waals surface area contributed by atoms with E-state index < -0.39 is 47.6 Å². The van der Waals surface area contributed by atoms with Crippen molar-refractivity contribution in [1.29, 1.82) is 0 Å². The van der Waals surface area contributed by atoms with Gasteiger partial charge in [-0.3, -0.25) is 9.59 Å². The number of ether oxygens (including phenoxy) is 3. The molecule has 5 rings (SSSR count). The SMILES string of the molecule is C=CCC(C)(C)COC(=O)N[C@H]1CCCCC/C=C\[C@@H]2C[C@@]2(C(=O)O)NC(=O)[C@@H]2C[C@@H](Oc3nccc4cc(OC)c(C=C)cc34)CN2C1=O. The second-order valence-corrected chi connectivity index (χ2v) is 14.2. The molecule has 12 heteroatoms. The summed E-state index contributed by atoms with van der Waals surface area (Å²) in [4.78, 5) is 59.7. The van der Waals surface area contributed by atoms with Crippen LogP contribution < -0.4 is 20.1 Å². The molecule has 2 fully saturated rings. The second-order valence-electron chi connectivity index (χ2n) is 14.2. The number of amides is 3. The number of aromatic nitrogens is 1. The van der Waals surface area contributed by atoms with Gasteiger partial charge in [0, 0.05) is 34.9 Å². The van der Waals surface area contributed by atoms with Crippen LogP contribution in [0.1, 0.15) is 70.8 Å². The van der Waals surface area contributed by atoms with Gasteiger partial charge in [0.2, 0.25) is 17.7 Å². The molecule has 5 atom stereocenters. The number of rotatable bonds is 10. The third kappa shape index (κ3) is 8.11. The summed E-state index contributed by atoms with van der Waals surface area (Å²) in [6.45, 7) is 11.7. The number of fused-ring (bicyclic) bond motifs is 3. The van der Waals surface area contributed by atoms with E-state index in [2.05, 4.69) is 28.8 Å². The highest BCUT2D eigenvalue weighted by Crippen LogP contribution is 2.45. The Morgan fingerprint density at radius 3 is 2.74 bits per heavy atom. The number of methoxy groups -OCH3 is 1. The topological polar surface area (TPSA) is 156 Å². The summed E-state index contributed by atoms with van der Waals surface area (Å²) in [5.74, 6) is -1.58. The lowest BCUT2D eigenvalue weighted by atomic mass is 9.91. The first-order valence-corrected chi connectivity index (χ1v) is 17.2. The van der Waals surface area contributed by atoms with E-state index in [1.54, 1.807) is 25.5 Å². The maximum atomic E-state index is 14.4. The average Bonchev–Trinajstić information content (AvgIpc) is 3.62. The van der Waals surface area contributed by atoms with E-state index in [-0.39, 0.29) is 37.3 Å². The highest BCUT2D eigenvalue weighted by molar-refractivity contribution is 5.96. The van der Waals surface area contributed by atoms with Crippen molar-refractivity contribution in [2.75, 3.05) is 20.3 Å². The van der Waals surface area contributed by atoms with Crippen LogP contribution >= 0.6 is 0 Å². The lowest BCUT2D eigenvalue weighted by Gasteiger charge is -2.29. The van der Waals surface area contributed by atoms with E-state index in [0.717, 1.165) is 30.2 Å². The van der Waals surface area contributed by atoms with Crippen LogP contribution in [0.15, 0.2) is 55.8 Å². The Kier molecular flexibility index (Phi) is 11.2. The molecule has 0 unspecified atom stereocenters. The largest absolute Gasteiger partial charge is 0.496 e. The summed E-state index contributed by atoms with van der Waals surface area (Å²) in [7, 11) is 1.58. The minimum Gasteiger partial charge on any atom is -0.496 e. The number of nitrogens with zero attached hydrogens (tertiary/aromatic N) is 2. The van der Waals surface area contributed by atoms with Gasteiger partial charge in [0.15, 0.2) is 0 Å². The molecule has 0 radical (unpaired) electrons. The van der Waals surface area contributed by atoms with Gasteiger partial charge in [-0.15, -0.1) is 6.58 Å². The normalized spacial score (nSPS) is 26.3. The lowest BCUT2D eigenvalue weighted by molar-refractivity contribution is -0.145. The minimum absolute atomic E-state index is 0.0163. The molecule has 1 aromatic carbocycles. The summed E-state index contributed by atoms with van der Waals surface area (Å²) in [6, 6.07) is 3.52. The fourth-order valence-corrected chi connectivity index (χ4v) is 6.82. The van der Waals surface area contributed by atoms with E-state index in [1.807, 2.05) is 44.2 Å². The van der Waals surface area contributed by atoms with Gasteiger partial charge >= 0.3 is 12.1 Å². The summed E-state index contributed by atoms with van der Waals surface area (Å²) in [5, 5.41) is 17.2. The highest BCUT2D eigenvalue weighted by atomic mass is 16.5. The Balaban J connectivity index is 1.44. The molecule has 2 aliphatic heterocycles. The van der Waals surface area contributed by atoms with Gasteiger partial charge in [0.25, 0.3) is 0 Å². The molecule has 1 aromatic heterocycles. The Hall–Kier alpha value is -4.87. The molecule has 268 valence electrons. The Morgan fingerprint density at radius 1 is 1.22 bits per heavy atom. The van der Waals surface area contributed by atoms with Gasteiger partial charge in [-0.2, -0.15) is 0 Å². The first kappa shape index (κ1) is 36.4. The maximum absolute atomic E-state index is 14.4. The first-order valence-electron chi connectivity index (χ1n) is 17.2. The predicted octanol–water partition coefficient (Wildman–Crippen LogP) is 5.41. The van der Waals surface area contributed by atoms with Crippen LogP contribution in [-0.2, 0) is 19.1 Å². The van der Waals surface area contributed by atoms with Crippen molar-refractivity contribution in [1.82, 2.24) is 20.5 Å². The zero-order chi connectivity index (χ0) is 36.1. The third-order valence-electron chi connectivity index (χ3n) is 9.78. The number of pyridine rings is 1. The molecular weight excluding hydrogens is 640 g/mol. The zero-order valence-corrected chi connectivity index (χ0v) is 29.1. The highest BCUT2D eigenvalue weighted by Gasteiger charge is 2.61. The number of carbonyl (C=O) groups is 4. The van der Waals surface area contributed by atoms with Gasteiger partial charge in [-0.1, -0.05) is 57.6 Å². The average molecular weight is 689 g/mol. The van der Waals surface area contributed by atoms with Gasteiger partial charge in [0.05, 0.1) is 20.3 Å². The number of carbonyl (C=O) groups excluding carboxylic acids is 3. The van der Waals surface area contributed by atoms with Crippen molar-refractivity contribution in [3.8, 4) is 11.6 Å². The Morgan fingerprint density at radius 2 is 2.02 bits per heavy atom. The van der Waals surface area contributed by atoms with E-state index in [1.165, 1.54) is 4.90 Å². The summed E-state index contributed by atoms with van der Waals surface area (Å²) in [6.07, 6.45) is 11.8. The monoisotopic (exact) mass is 688 g/mol. The number of hydrogen-bond acceptors (Lipinski definition) is 8. The number of aliphatic carboxylic acids is 1. The van der Waals surface area contributed by atoms with Gasteiger partial charge in [-0.05, 0) is 55.7 Å². The van der Waals surface area contributed by atoms with E-state index in [0.29, 0.717) is 36.3 Å². The lowest BCUT2D eigenvalue weighted by Crippen LogP contribution is -2.56. The molecule has 1 saturated heterocycles. The fourth-order valence-electron chi connectivity index (χ4n) is 6.82. The quantitative estimate of drug-likeness (QED) is 0.278. The molecule has 0 spiro atoms. The molecule has 50 heavy (non-hydrogen) atoms. The summed E-state index contributed by atoms with van der Waals surface area (Å²) >= 11 is 0. The van der Waals surface area contributed by atoms with E-state index in [4.69, 9.17) is 14.2 Å². The van der Waals surface area contributed by atoms with Crippen LogP contribution in [-0.4, -0.2) is 82.9 Å². The molecule has 3 amide bonds. The van der Waals surface area contributed by atoms with Crippen LogP contribution in [0, 0.1) is 11.3 Å². The van der Waals surface area contributed by atoms with Crippen LogP contribution in [0.2, 0.25) is 0 Å². The van der Waals surface area contributed by atoms with Crippen molar-refractivity contribution < 1.29 is 38.5 Å². The minimum atomic E-state index is -1.45. The molecule has 3 N–H and O–H groups in total. The predicted molar refractivity (Wildman–Crippen MR) is 189 cm³/mol. The smallest absolute Gasteiger partial charge is 0.407 e. The van der Waals surface area contributed by atoms with Gasteiger partial charge < -0.3 is 34.9 Å². The van der Waals surface area contributed by atoms with Crippen LogP contribution in [0.5, 0.6) is 11.6 Å². The second kappa shape index (κ2) is 15.3. The zero-order valence-electron chi connectivity index (χ0n) is 29.1. The Labute approximate surface area is 292 Å². The number of hydrogen-bond donors (Lipinski definition) is 3. The molecule has 2 aromatic rings. The van der Waals surface area contributed by atoms with Crippen LogP contribution in [0.4, 0.5) is 4.79 Å². The summed E-state index contributed by atoms with van der Waals surface area (Å²) < 4.78 is 17.4. The summed E-state index contributed by atoms with van der Waals surface area (Å²) in [5.41, 5.74) is -1.04. The number of carboxylic acids is 1. The number of benzene rings is 1. The Bertz CT molecular complexity index is 1670. The molecule has 3 heterocycles. The molecule has 12 nitrogen and oxygen atoms in total. The van der Waals surface area contributed by atoms with Gasteiger partial charge in [0.1, 0.15) is 29.5 Å². The molecule has 1 aliphatic carbocycles. The molecule has 0 bridgehead atoms. The van der Waals surface area contributed by atoms with Crippen LogP contribution in [0.3, 0.4) is 0 Å². The van der Waals surface area contributed by atoms with Gasteiger partial charge in [-0.25, -0.2) is 14.6 Å². The number of allylic oxidation sites excluding steroid dienone is 2. The number of nitrogens with one attached hydrogen (secondary N) is 2. The number of alkyl carbamates (subject to hydrolysis) is 1. The maximum Gasteiger partial charge on any atom is 0.407 e. The standard InChI is InChI=1S/C38H48N4O8/c1-6-16-37(3,4)23-49-36(47)40-29-14-12-10-8-9-11-13-26-21-38(26,35(45)46)41-32(43)30-20-27(22-42(30)34(29)44)50-33-28-18-24(7-2)31(48-5)19-25(28)15-17-39-33/h6-7,11,13,15,17-19,26-27,29-30H,1-2,8-10,12,14,16,20-23H2,3-5H3,(H,40,47)(H,41,43)(H,45,46)/b13-11-/t26-,27-,29+,30+,38-/m1/s1. The van der Waals surface area contributed by atoms with Crippen molar-refractivity contribution in [2.24, 2.45) is 11.3 Å². The molecule has 1 saturated carbocycles. The van der Waals surface area contributed by atoms with E-state index in [9.17, 15) is 24.3 Å². The molecular formula is C38H48N4O8. The van der Waals surface area contributed by atoms with Crippen molar-refractivity contribution in [3.05, 3.63) is 61.3 Å². The van der Waals surface area contributed by atoms with E-state index >= 15 is 0 Å². The van der Waals surface area contributed by atoms with Crippen LogP contribution in [0.25, 0.3) is 16.8 Å². The van der Waals surface area contributed by atoms with Crippen molar-refractivity contribution >= 4 is 40.7 Å². The first-order chi connectivity index (χ1) is 23.9. The third-order valence-corrected chi connectivity index (χ3v) is 9.78.